The molecule has 2 rings (SSSR count). The molecule has 0 aliphatic heterocycles. The van der Waals surface area contributed by atoms with Gasteiger partial charge in [-0.3, -0.25) is 0 Å². The number of thiophene rings is 1. The van der Waals surface area contributed by atoms with Crippen LogP contribution in [0.25, 0.3) is 0 Å². The van der Waals surface area contributed by atoms with Gasteiger partial charge in [-0.05, 0) is 44.2 Å². The summed E-state index contributed by atoms with van der Waals surface area (Å²) in [6, 6.07) is 1.72. The summed E-state index contributed by atoms with van der Waals surface area (Å²) in [7, 11) is -3.42. The summed E-state index contributed by atoms with van der Waals surface area (Å²) in [4.78, 5) is 1.35. The topological polar surface area (TPSA) is 58.2 Å². The Hall–Kier alpha value is -0.430. The Bertz CT molecular complexity index is 546. The van der Waals surface area contributed by atoms with Crippen LogP contribution in [0.4, 0.5) is 0 Å². The van der Waals surface area contributed by atoms with Crippen LogP contribution in [0.5, 0.6) is 0 Å². The van der Waals surface area contributed by atoms with Gasteiger partial charge in [0, 0.05) is 17.0 Å². The Labute approximate surface area is 132 Å². The minimum atomic E-state index is -3.42. The molecule has 1 aliphatic rings. The molecular formula is C15H26N2O2S2. The van der Waals surface area contributed by atoms with E-state index in [0.717, 1.165) is 43.5 Å². The number of hydrogen-bond donors (Lipinski definition) is 2. The van der Waals surface area contributed by atoms with Gasteiger partial charge in [-0.25, -0.2) is 13.1 Å². The van der Waals surface area contributed by atoms with Gasteiger partial charge in [-0.15, -0.1) is 11.3 Å². The van der Waals surface area contributed by atoms with E-state index in [1.165, 1.54) is 17.8 Å². The van der Waals surface area contributed by atoms with Gasteiger partial charge in [0.15, 0.2) is 0 Å². The van der Waals surface area contributed by atoms with Gasteiger partial charge >= 0.3 is 0 Å². The third-order valence-electron chi connectivity index (χ3n) is 4.04. The smallest absolute Gasteiger partial charge is 0.242 e. The second-order valence-electron chi connectivity index (χ2n) is 6.11. The van der Waals surface area contributed by atoms with Crippen molar-refractivity contribution in [3.63, 3.8) is 0 Å². The zero-order chi connectivity index (χ0) is 15.3. The summed E-state index contributed by atoms with van der Waals surface area (Å²) in [6.07, 6.45) is 6.33. The fourth-order valence-corrected chi connectivity index (χ4v) is 5.77. The molecule has 0 amide bonds. The first-order valence-corrected chi connectivity index (χ1v) is 10.1. The third-order valence-corrected chi connectivity index (χ3v) is 6.82. The van der Waals surface area contributed by atoms with Gasteiger partial charge in [0.25, 0.3) is 0 Å². The van der Waals surface area contributed by atoms with Crippen LogP contribution < -0.4 is 10.0 Å². The first-order chi connectivity index (χ1) is 9.97. The molecule has 120 valence electrons. The molecule has 0 unspecified atom stereocenters. The zero-order valence-corrected chi connectivity index (χ0v) is 14.6. The van der Waals surface area contributed by atoms with Crippen LogP contribution in [0.1, 0.15) is 57.2 Å². The molecule has 1 aliphatic carbocycles. The Morgan fingerprint density at radius 3 is 2.67 bits per heavy atom. The van der Waals surface area contributed by atoms with E-state index in [1.807, 2.05) is 12.3 Å². The third kappa shape index (κ3) is 4.52. The van der Waals surface area contributed by atoms with Crippen LogP contribution in [0.15, 0.2) is 16.3 Å². The molecule has 1 fully saturated rings. The fourth-order valence-electron chi connectivity index (χ4n) is 2.89. The van der Waals surface area contributed by atoms with E-state index in [9.17, 15) is 8.42 Å². The molecule has 0 radical (unpaired) electrons. The van der Waals surface area contributed by atoms with Crippen molar-refractivity contribution in [1.82, 2.24) is 10.0 Å². The van der Waals surface area contributed by atoms with Crippen LogP contribution >= 0.6 is 11.3 Å². The standard InChI is InChI=1S/C15H26N2O2S2/c1-3-10-16-12-13-14(7-11-20-13)21(18,19)17-15(2)8-5-4-6-9-15/h7,11,16-17H,3-6,8-10,12H2,1-2H3. The van der Waals surface area contributed by atoms with Crippen molar-refractivity contribution in [2.45, 2.75) is 69.4 Å². The van der Waals surface area contributed by atoms with Crippen LogP contribution in [0, 0.1) is 0 Å². The Morgan fingerprint density at radius 1 is 1.29 bits per heavy atom. The molecule has 1 aromatic rings. The van der Waals surface area contributed by atoms with Gasteiger partial charge in [0.1, 0.15) is 0 Å². The number of sulfonamides is 1. The minimum Gasteiger partial charge on any atom is -0.312 e. The number of rotatable bonds is 7. The summed E-state index contributed by atoms with van der Waals surface area (Å²) in [6.45, 7) is 5.66. The van der Waals surface area contributed by atoms with Crippen molar-refractivity contribution < 1.29 is 8.42 Å². The van der Waals surface area contributed by atoms with Crippen LogP contribution in [0.2, 0.25) is 0 Å². The average Bonchev–Trinajstić information content (AvgIpc) is 2.88. The highest BCUT2D eigenvalue weighted by Crippen LogP contribution is 2.30. The van der Waals surface area contributed by atoms with Crippen molar-refractivity contribution in [3.05, 3.63) is 16.3 Å². The molecule has 1 saturated carbocycles. The van der Waals surface area contributed by atoms with Crippen molar-refractivity contribution in [2.75, 3.05) is 6.54 Å². The maximum Gasteiger partial charge on any atom is 0.242 e. The summed E-state index contributed by atoms with van der Waals surface area (Å²) >= 11 is 1.51. The molecule has 21 heavy (non-hydrogen) atoms. The molecule has 0 spiro atoms. The maximum atomic E-state index is 12.7. The molecular weight excluding hydrogens is 304 g/mol. The predicted octanol–water partition coefficient (Wildman–Crippen LogP) is 3.25. The van der Waals surface area contributed by atoms with E-state index in [4.69, 9.17) is 0 Å². The lowest BCUT2D eigenvalue weighted by molar-refractivity contribution is 0.294. The number of hydrogen-bond acceptors (Lipinski definition) is 4. The summed E-state index contributed by atoms with van der Waals surface area (Å²) in [5, 5.41) is 5.14. The van der Waals surface area contributed by atoms with E-state index in [-0.39, 0.29) is 5.54 Å². The molecule has 1 heterocycles. The first-order valence-electron chi connectivity index (χ1n) is 7.78. The molecule has 1 aromatic heterocycles. The van der Waals surface area contributed by atoms with E-state index in [2.05, 4.69) is 17.0 Å². The second kappa shape index (κ2) is 7.22. The fraction of sp³-hybridized carbons (Fsp3) is 0.733. The Balaban J connectivity index is 2.10. The van der Waals surface area contributed by atoms with Gasteiger partial charge < -0.3 is 5.32 Å². The lowest BCUT2D eigenvalue weighted by Gasteiger charge is -2.34. The molecule has 2 N–H and O–H groups in total. The van der Waals surface area contributed by atoms with Gasteiger partial charge in [-0.2, -0.15) is 0 Å². The molecule has 0 saturated heterocycles. The van der Waals surface area contributed by atoms with Crippen molar-refractivity contribution in [3.8, 4) is 0 Å². The second-order valence-corrected chi connectivity index (χ2v) is 8.76. The van der Waals surface area contributed by atoms with Crippen molar-refractivity contribution in [2.24, 2.45) is 0 Å². The van der Waals surface area contributed by atoms with E-state index in [1.54, 1.807) is 6.07 Å². The normalized spacial score (nSPS) is 18.8. The Morgan fingerprint density at radius 2 is 2.00 bits per heavy atom. The van der Waals surface area contributed by atoms with Crippen molar-refractivity contribution >= 4 is 21.4 Å². The van der Waals surface area contributed by atoms with Crippen LogP contribution in [-0.2, 0) is 16.6 Å². The lowest BCUT2D eigenvalue weighted by atomic mass is 9.84. The Kier molecular flexibility index (Phi) is 5.82. The summed E-state index contributed by atoms with van der Waals surface area (Å²) < 4.78 is 28.3. The largest absolute Gasteiger partial charge is 0.312 e. The molecule has 0 bridgehead atoms. The predicted molar refractivity (Wildman–Crippen MR) is 88.1 cm³/mol. The summed E-state index contributed by atoms with van der Waals surface area (Å²) in [5.74, 6) is 0. The van der Waals surface area contributed by atoms with Gasteiger partial charge in [-0.1, -0.05) is 26.2 Å². The molecule has 0 aromatic carbocycles. The monoisotopic (exact) mass is 330 g/mol. The minimum absolute atomic E-state index is 0.285. The van der Waals surface area contributed by atoms with Crippen molar-refractivity contribution in [1.29, 1.82) is 0 Å². The quantitative estimate of drug-likeness (QED) is 0.755. The van der Waals surface area contributed by atoms with Crippen LogP contribution in [-0.4, -0.2) is 20.5 Å². The highest BCUT2D eigenvalue weighted by molar-refractivity contribution is 7.89. The average molecular weight is 331 g/mol. The van der Waals surface area contributed by atoms with E-state index >= 15 is 0 Å². The number of nitrogens with one attached hydrogen (secondary N) is 2. The SMILES string of the molecule is CCCNCc1sccc1S(=O)(=O)NC1(C)CCCCC1. The highest BCUT2D eigenvalue weighted by Gasteiger charge is 2.33. The zero-order valence-electron chi connectivity index (χ0n) is 12.9. The highest BCUT2D eigenvalue weighted by atomic mass is 32.2. The molecule has 0 atom stereocenters. The van der Waals surface area contributed by atoms with Gasteiger partial charge in [0.2, 0.25) is 10.0 Å². The first kappa shape index (κ1) is 16.9. The van der Waals surface area contributed by atoms with Crippen LogP contribution in [0.3, 0.4) is 0 Å². The molecule has 6 heteroatoms. The summed E-state index contributed by atoms with van der Waals surface area (Å²) in [5.41, 5.74) is -0.285. The van der Waals surface area contributed by atoms with Gasteiger partial charge in [0.05, 0.1) is 4.90 Å². The van der Waals surface area contributed by atoms with E-state index in [0.29, 0.717) is 11.4 Å². The molecule has 4 nitrogen and oxygen atoms in total. The maximum absolute atomic E-state index is 12.7. The van der Waals surface area contributed by atoms with E-state index < -0.39 is 10.0 Å². The lowest BCUT2D eigenvalue weighted by Crippen LogP contribution is -2.47.